The maximum atomic E-state index is 13.8. The van der Waals surface area contributed by atoms with E-state index in [0.29, 0.717) is 34.5 Å². The van der Waals surface area contributed by atoms with Gasteiger partial charge in [-0.25, -0.2) is 18.7 Å². The number of hydrogen-bond donors (Lipinski definition) is 2. The first-order valence-corrected chi connectivity index (χ1v) is 13.2. The number of ether oxygens (including phenoxy) is 1. The number of anilines is 3. The molecule has 2 aromatic heterocycles. The fourth-order valence-corrected chi connectivity index (χ4v) is 4.59. The Morgan fingerprint density at radius 3 is 2.53 bits per heavy atom. The zero-order valence-corrected chi connectivity index (χ0v) is 22.5. The Labute approximate surface area is 243 Å². The number of aromatic nitrogens is 4. The Morgan fingerprint density at radius 1 is 0.953 bits per heavy atom. The van der Waals surface area contributed by atoms with Crippen molar-refractivity contribution in [1.82, 2.24) is 24.6 Å². The van der Waals surface area contributed by atoms with E-state index < -0.39 is 17.5 Å². The predicted octanol–water partition coefficient (Wildman–Crippen LogP) is 4.55. The summed E-state index contributed by atoms with van der Waals surface area (Å²) in [5, 5.41) is 10.2. The van der Waals surface area contributed by atoms with Crippen molar-refractivity contribution >= 4 is 45.9 Å². The Hall–Kier alpha value is -5.72. The van der Waals surface area contributed by atoms with Crippen molar-refractivity contribution < 1.29 is 27.9 Å². The predicted molar refractivity (Wildman–Crippen MR) is 152 cm³/mol. The molecule has 3 aromatic carbocycles. The smallest absolute Gasteiger partial charge is 0.261 e. The van der Waals surface area contributed by atoms with Crippen molar-refractivity contribution in [3.8, 4) is 5.75 Å². The van der Waals surface area contributed by atoms with Gasteiger partial charge < -0.3 is 15.4 Å². The van der Waals surface area contributed by atoms with Crippen LogP contribution in [0.2, 0.25) is 0 Å². The lowest BCUT2D eigenvalue weighted by atomic mass is 10.1. The van der Waals surface area contributed by atoms with E-state index in [9.17, 15) is 23.2 Å². The summed E-state index contributed by atoms with van der Waals surface area (Å²) in [4.78, 5) is 47.4. The highest BCUT2D eigenvalue weighted by Gasteiger charge is 2.34. The van der Waals surface area contributed by atoms with Gasteiger partial charge in [-0.15, -0.1) is 0 Å². The van der Waals surface area contributed by atoms with E-state index in [-0.39, 0.29) is 43.1 Å². The van der Waals surface area contributed by atoms with Crippen LogP contribution in [0, 0.1) is 11.6 Å². The van der Waals surface area contributed by atoms with Crippen LogP contribution in [0.1, 0.15) is 27.1 Å². The third kappa shape index (κ3) is 5.86. The molecule has 0 radical (unpaired) electrons. The van der Waals surface area contributed by atoms with Crippen LogP contribution in [0.25, 0.3) is 10.9 Å². The minimum absolute atomic E-state index is 0.232. The first-order valence-electron chi connectivity index (χ1n) is 13.2. The zero-order chi connectivity index (χ0) is 29.9. The normalized spacial score (nSPS) is 12.5. The van der Waals surface area contributed by atoms with Gasteiger partial charge in [0, 0.05) is 30.4 Å². The lowest BCUT2D eigenvalue weighted by Gasteiger charge is -2.14. The van der Waals surface area contributed by atoms with Gasteiger partial charge in [0.05, 0.1) is 40.8 Å². The summed E-state index contributed by atoms with van der Waals surface area (Å²) < 4.78 is 34.4. The Balaban J connectivity index is 1.03. The van der Waals surface area contributed by atoms with Gasteiger partial charge in [-0.05, 0) is 42.8 Å². The van der Waals surface area contributed by atoms with E-state index in [4.69, 9.17) is 4.74 Å². The third-order valence-corrected chi connectivity index (χ3v) is 6.65. The lowest BCUT2D eigenvalue weighted by molar-refractivity contribution is -0.116. The van der Waals surface area contributed by atoms with Crippen LogP contribution in [0.5, 0.6) is 5.75 Å². The minimum Gasteiger partial charge on any atom is -0.493 e. The second-order valence-electron chi connectivity index (χ2n) is 9.62. The number of fused-ring (bicyclic) bond motifs is 2. The molecule has 0 aliphatic carbocycles. The maximum absolute atomic E-state index is 13.8. The van der Waals surface area contributed by atoms with Crippen LogP contribution in [-0.2, 0) is 11.3 Å². The number of rotatable bonds is 10. The van der Waals surface area contributed by atoms with Gasteiger partial charge in [0.2, 0.25) is 11.9 Å². The summed E-state index contributed by atoms with van der Waals surface area (Å²) in [7, 11) is 0. The minimum atomic E-state index is -1.14. The van der Waals surface area contributed by atoms with Gasteiger partial charge in [-0.3, -0.25) is 24.0 Å². The summed E-state index contributed by atoms with van der Waals surface area (Å²) in [6.45, 7) is 0.296. The van der Waals surface area contributed by atoms with Gasteiger partial charge in [-0.1, -0.05) is 18.2 Å². The molecule has 1 aliphatic heterocycles. The standard InChI is InChI=1S/C30H23F2N7O4/c31-23-7-3-8-24(27(23)32)36-26(40)17-38-16-19(15-34-38)35-30-33-14-18-9-10-20(13-25(18)37-30)43-12-4-11-39-28(41)21-5-1-2-6-22(21)29(39)42/h1-3,5-10,13-16H,4,11-12,17H2,(H,36,40)(H,33,35,37). The summed E-state index contributed by atoms with van der Waals surface area (Å²) >= 11 is 0. The van der Waals surface area contributed by atoms with Gasteiger partial charge in [0.15, 0.2) is 11.6 Å². The summed E-state index contributed by atoms with van der Waals surface area (Å²) in [6, 6.07) is 15.6. The van der Waals surface area contributed by atoms with Crippen molar-refractivity contribution in [2.24, 2.45) is 0 Å². The molecule has 5 aromatic rings. The lowest BCUT2D eigenvalue weighted by Crippen LogP contribution is -2.31. The van der Waals surface area contributed by atoms with Crippen molar-refractivity contribution in [2.45, 2.75) is 13.0 Å². The van der Waals surface area contributed by atoms with Crippen LogP contribution in [0.4, 0.5) is 26.1 Å². The summed E-state index contributed by atoms with van der Waals surface area (Å²) in [6.07, 6.45) is 5.11. The molecule has 13 heteroatoms. The van der Waals surface area contributed by atoms with Crippen LogP contribution in [-0.4, -0.2) is 55.5 Å². The largest absolute Gasteiger partial charge is 0.493 e. The first-order chi connectivity index (χ1) is 20.9. The van der Waals surface area contributed by atoms with Gasteiger partial charge >= 0.3 is 0 Å². The molecule has 3 amide bonds. The number of halogens is 2. The summed E-state index contributed by atoms with van der Waals surface area (Å²) in [5.41, 5.74) is 1.69. The molecule has 43 heavy (non-hydrogen) atoms. The maximum Gasteiger partial charge on any atom is 0.261 e. The number of carbonyl (C=O) groups is 3. The molecule has 3 heterocycles. The molecule has 0 saturated carbocycles. The molecule has 0 atom stereocenters. The molecular weight excluding hydrogens is 560 g/mol. The van der Waals surface area contributed by atoms with E-state index in [0.717, 1.165) is 11.5 Å². The number of benzene rings is 3. The number of nitrogens with zero attached hydrogens (tertiary/aromatic N) is 5. The van der Waals surface area contributed by atoms with Crippen molar-refractivity contribution in [2.75, 3.05) is 23.8 Å². The fourth-order valence-electron chi connectivity index (χ4n) is 4.59. The average molecular weight is 584 g/mol. The molecule has 0 spiro atoms. The average Bonchev–Trinajstić information content (AvgIpc) is 3.54. The van der Waals surface area contributed by atoms with E-state index in [1.54, 1.807) is 48.8 Å². The van der Waals surface area contributed by atoms with Crippen molar-refractivity contribution in [1.29, 1.82) is 0 Å². The monoisotopic (exact) mass is 583 g/mol. The molecule has 216 valence electrons. The van der Waals surface area contributed by atoms with E-state index in [2.05, 4.69) is 25.7 Å². The second kappa shape index (κ2) is 11.6. The first kappa shape index (κ1) is 27.4. The van der Waals surface area contributed by atoms with Gasteiger partial charge in [0.1, 0.15) is 12.3 Å². The van der Waals surface area contributed by atoms with Crippen LogP contribution in [0.15, 0.2) is 79.3 Å². The highest BCUT2D eigenvalue weighted by atomic mass is 19.2. The zero-order valence-electron chi connectivity index (χ0n) is 22.5. The Kier molecular flexibility index (Phi) is 7.43. The topological polar surface area (TPSA) is 131 Å². The van der Waals surface area contributed by atoms with Crippen molar-refractivity contribution in [3.63, 3.8) is 0 Å². The Morgan fingerprint density at radius 2 is 1.74 bits per heavy atom. The van der Waals surface area contributed by atoms with E-state index >= 15 is 0 Å². The molecule has 0 fully saturated rings. The molecule has 0 saturated heterocycles. The molecule has 1 aliphatic rings. The molecule has 0 bridgehead atoms. The quantitative estimate of drug-likeness (QED) is 0.181. The second-order valence-corrected chi connectivity index (χ2v) is 9.62. The highest BCUT2D eigenvalue weighted by Crippen LogP contribution is 2.24. The highest BCUT2D eigenvalue weighted by molar-refractivity contribution is 6.21. The molecule has 6 rings (SSSR count). The number of hydrogen-bond acceptors (Lipinski definition) is 8. The third-order valence-electron chi connectivity index (χ3n) is 6.65. The van der Waals surface area contributed by atoms with E-state index in [1.807, 2.05) is 6.07 Å². The van der Waals surface area contributed by atoms with Crippen LogP contribution < -0.4 is 15.4 Å². The van der Waals surface area contributed by atoms with Crippen LogP contribution >= 0.6 is 0 Å². The molecule has 11 nitrogen and oxygen atoms in total. The SMILES string of the molecule is O=C(Cn1cc(Nc2ncc3ccc(OCCCN4C(=O)c5ccccc5C4=O)cc3n2)cn1)Nc1cccc(F)c1F. The van der Waals surface area contributed by atoms with Crippen LogP contribution in [0.3, 0.4) is 0 Å². The fraction of sp³-hybridized carbons (Fsp3) is 0.133. The molecular formula is C30H23F2N7O4. The Bertz CT molecular complexity index is 1840. The number of nitrogens with one attached hydrogen (secondary N) is 2. The van der Waals surface area contributed by atoms with Gasteiger partial charge in [-0.2, -0.15) is 5.10 Å². The summed E-state index contributed by atoms with van der Waals surface area (Å²) in [5.74, 6) is -2.53. The molecule has 2 N–H and O–H groups in total. The van der Waals surface area contributed by atoms with Gasteiger partial charge in [0.25, 0.3) is 11.8 Å². The number of amides is 3. The van der Waals surface area contributed by atoms with E-state index in [1.165, 1.54) is 27.9 Å². The van der Waals surface area contributed by atoms with Crippen molar-refractivity contribution in [3.05, 3.63) is 102 Å². The number of carbonyl (C=O) groups excluding carboxylic acids is 3. The molecule has 0 unspecified atom stereocenters. The number of imide groups is 1.